The summed E-state index contributed by atoms with van der Waals surface area (Å²) in [7, 11) is 0. The highest BCUT2D eigenvalue weighted by Crippen LogP contribution is 2.31. The zero-order chi connectivity index (χ0) is 17.4. The van der Waals surface area contributed by atoms with Crippen LogP contribution in [0.4, 0.5) is 4.39 Å². The molecule has 0 amide bonds. The van der Waals surface area contributed by atoms with E-state index in [-0.39, 0.29) is 29.0 Å². The van der Waals surface area contributed by atoms with E-state index in [4.69, 9.17) is 21.4 Å². The van der Waals surface area contributed by atoms with Gasteiger partial charge in [-0.2, -0.15) is 16.6 Å². The van der Waals surface area contributed by atoms with Crippen LogP contribution in [0, 0.1) is 17.1 Å². The smallest absolute Gasteiger partial charge is 0.143 e. The lowest BCUT2D eigenvalue weighted by molar-refractivity contribution is 0.193. The fourth-order valence-electron chi connectivity index (χ4n) is 2.18. The molecule has 1 aromatic heterocycles. The van der Waals surface area contributed by atoms with Crippen molar-refractivity contribution in [3.8, 4) is 11.8 Å². The quantitative estimate of drug-likeness (QED) is 0.659. The summed E-state index contributed by atoms with van der Waals surface area (Å²) >= 11 is 7.37. The fraction of sp³-hybridized carbons (Fsp3) is 0.353. The molecule has 7 heteroatoms. The van der Waals surface area contributed by atoms with Crippen LogP contribution < -0.4 is 10.1 Å². The molecule has 0 saturated carbocycles. The van der Waals surface area contributed by atoms with Gasteiger partial charge in [-0.3, -0.25) is 0 Å². The zero-order valence-electron chi connectivity index (χ0n) is 13.0. The minimum absolute atomic E-state index is 0.0749. The lowest BCUT2D eigenvalue weighted by Crippen LogP contribution is -2.21. The Morgan fingerprint density at radius 3 is 2.92 bits per heavy atom. The molecule has 2 rings (SSSR count). The Kier molecular flexibility index (Phi) is 7.47. The Bertz CT molecular complexity index is 689. The van der Waals surface area contributed by atoms with Gasteiger partial charge in [0.2, 0.25) is 0 Å². The van der Waals surface area contributed by atoms with Crippen molar-refractivity contribution in [1.29, 1.82) is 5.26 Å². The van der Waals surface area contributed by atoms with Crippen LogP contribution in [0.2, 0.25) is 5.02 Å². The van der Waals surface area contributed by atoms with Gasteiger partial charge in [-0.15, -0.1) is 0 Å². The molecule has 4 nitrogen and oxygen atoms in total. The van der Waals surface area contributed by atoms with Crippen LogP contribution in [0.25, 0.3) is 0 Å². The van der Waals surface area contributed by atoms with E-state index in [0.29, 0.717) is 19.4 Å². The topological polar surface area (TPSA) is 65.3 Å². The molecule has 2 N–H and O–H groups in total. The largest absolute Gasteiger partial charge is 0.484 e. The van der Waals surface area contributed by atoms with Crippen molar-refractivity contribution >= 4 is 22.9 Å². The number of rotatable bonds is 9. The first kappa shape index (κ1) is 18.7. The molecular weight excluding hydrogens is 351 g/mol. The third-order valence-electron chi connectivity index (χ3n) is 3.42. The molecule has 1 aromatic carbocycles. The van der Waals surface area contributed by atoms with Crippen LogP contribution in [0.1, 0.15) is 30.1 Å². The Labute approximate surface area is 149 Å². The minimum atomic E-state index is -0.640. The highest BCUT2D eigenvalue weighted by molar-refractivity contribution is 7.07. The number of nitriles is 1. The maximum Gasteiger partial charge on any atom is 0.143 e. The standard InChI is InChI=1S/C17H18ClFN2O2S/c18-14-9-17(13(10-20)8-15(14)19)23-16(12-3-7-24-11-12)2-5-21-4-1-6-22/h3,7-9,11,16,21-22H,1-2,4-6H2/t16-/m1/s1. The molecule has 0 saturated heterocycles. The Hall–Kier alpha value is -1.65. The van der Waals surface area contributed by atoms with Crippen molar-refractivity contribution in [2.45, 2.75) is 18.9 Å². The second-order valence-corrected chi connectivity index (χ2v) is 6.34. The van der Waals surface area contributed by atoms with Crippen molar-refractivity contribution < 1.29 is 14.2 Å². The van der Waals surface area contributed by atoms with Crippen molar-refractivity contribution in [3.63, 3.8) is 0 Å². The summed E-state index contributed by atoms with van der Waals surface area (Å²) in [5.41, 5.74) is 1.11. The molecule has 1 heterocycles. The molecule has 0 aliphatic carbocycles. The van der Waals surface area contributed by atoms with Gasteiger partial charge in [0.25, 0.3) is 0 Å². The van der Waals surface area contributed by atoms with Crippen LogP contribution in [0.15, 0.2) is 29.0 Å². The molecule has 0 aliphatic heterocycles. The Morgan fingerprint density at radius 2 is 2.25 bits per heavy atom. The zero-order valence-corrected chi connectivity index (χ0v) is 14.5. The molecule has 2 aromatic rings. The van der Waals surface area contributed by atoms with Crippen molar-refractivity contribution in [1.82, 2.24) is 5.32 Å². The first-order chi connectivity index (χ1) is 11.7. The maximum absolute atomic E-state index is 13.5. The van der Waals surface area contributed by atoms with Gasteiger partial charge in [-0.25, -0.2) is 4.39 Å². The number of aliphatic hydroxyl groups excluding tert-OH is 1. The molecule has 0 radical (unpaired) electrons. The summed E-state index contributed by atoms with van der Waals surface area (Å²) in [5, 5.41) is 25.1. The molecule has 0 fully saturated rings. The van der Waals surface area contributed by atoms with Crippen LogP contribution in [0.5, 0.6) is 5.75 Å². The summed E-state index contributed by atoms with van der Waals surface area (Å²) in [5.74, 6) is -0.367. The van der Waals surface area contributed by atoms with Gasteiger partial charge < -0.3 is 15.2 Å². The summed E-state index contributed by atoms with van der Waals surface area (Å²) in [4.78, 5) is 0. The van der Waals surface area contributed by atoms with E-state index in [1.54, 1.807) is 11.3 Å². The Morgan fingerprint density at radius 1 is 1.42 bits per heavy atom. The second kappa shape index (κ2) is 9.60. The number of aliphatic hydroxyl groups is 1. The average molecular weight is 369 g/mol. The summed E-state index contributed by atoms with van der Waals surface area (Å²) in [6.07, 6.45) is 1.09. The lowest BCUT2D eigenvalue weighted by atomic mass is 10.1. The van der Waals surface area contributed by atoms with Gasteiger partial charge >= 0.3 is 0 Å². The molecule has 1 atom stereocenters. The summed E-state index contributed by atoms with van der Waals surface area (Å²) in [6.45, 7) is 1.56. The van der Waals surface area contributed by atoms with E-state index in [9.17, 15) is 9.65 Å². The Balaban J connectivity index is 2.11. The lowest BCUT2D eigenvalue weighted by Gasteiger charge is -2.20. The SMILES string of the molecule is N#Cc1cc(F)c(Cl)cc1O[C@H](CCNCCCO)c1ccsc1. The third-order valence-corrected chi connectivity index (χ3v) is 4.41. The van der Waals surface area contributed by atoms with Crippen molar-refractivity contribution in [2.24, 2.45) is 0 Å². The normalized spacial score (nSPS) is 11.9. The number of hydrogen-bond acceptors (Lipinski definition) is 5. The van der Waals surface area contributed by atoms with Gasteiger partial charge in [-0.1, -0.05) is 11.6 Å². The van der Waals surface area contributed by atoms with E-state index >= 15 is 0 Å². The monoisotopic (exact) mass is 368 g/mol. The van der Waals surface area contributed by atoms with E-state index in [0.717, 1.165) is 18.2 Å². The highest BCUT2D eigenvalue weighted by atomic mass is 35.5. The van der Waals surface area contributed by atoms with Crippen molar-refractivity contribution in [3.05, 3.63) is 50.9 Å². The molecule has 24 heavy (non-hydrogen) atoms. The maximum atomic E-state index is 13.5. The van der Waals surface area contributed by atoms with Gasteiger partial charge in [0.05, 0.1) is 10.6 Å². The molecule has 0 spiro atoms. The number of benzene rings is 1. The molecule has 0 bridgehead atoms. The van der Waals surface area contributed by atoms with Crippen LogP contribution in [0.3, 0.4) is 0 Å². The number of nitrogens with zero attached hydrogens (tertiary/aromatic N) is 1. The van der Waals surface area contributed by atoms with Gasteiger partial charge in [-0.05, 0) is 42.4 Å². The van der Waals surface area contributed by atoms with Gasteiger partial charge in [0, 0.05) is 24.7 Å². The van der Waals surface area contributed by atoms with Gasteiger partial charge in [0.15, 0.2) is 0 Å². The predicted molar refractivity (Wildman–Crippen MR) is 93.0 cm³/mol. The number of hydrogen-bond donors (Lipinski definition) is 2. The van der Waals surface area contributed by atoms with E-state index in [1.807, 2.05) is 22.9 Å². The molecular formula is C17H18ClFN2O2S. The molecule has 0 aliphatic rings. The summed E-state index contributed by atoms with van der Waals surface area (Å²) < 4.78 is 19.5. The average Bonchev–Trinajstić information content (AvgIpc) is 3.11. The summed E-state index contributed by atoms with van der Waals surface area (Å²) in [6, 6.07) is 6.32. The van der Waals surface area contributed by atoms with Crippen molar-refractivity contribution in [2.75, 3.05) is 19.7 Å². The molecule has 128 valence electrons. The number of halogens is 2. The molecule has 0 unspecified atom stereocenters. The number of thiophene rings is 1. The predicted octanol–water partition coefficient (Wildman–Crippen LogP) is 3.89. The van der Waals surface area contributed by atoms with Gasteiger partial charge in [0.1, 0.15) is 23.7 Å². The van der Waals surface area contributed by atoms with Crippen LogP contribution >= 0.6 is 22.9 Å². The minimum Gasteiger partial charge on any atom is -0.484 e. The number of nitrogens with one attached hydrogen (secondary N) is 1. The first-order valence-corrected chi connectivity index (χ1v) is 8.87. The van der Waals surface area contributed by atoms with E-state index < -0.39 is 5.82 Å². The fourth-order valence-corrected chi connectivity index (χ4v) is 3.04. The van der Waals surface area contributed by atoms with Crippen LogP contribution in [-0.2, 0) is 0 Å². The number of ether oxygens (including phenoxy) is 1. The van der Waals surface area contributed by atoms with Crippen LogP contribution in [-0.4, -0.2) is 24.8 Å². The third kappa shape index (κ3) is 5.18. The van der Waals surface area contributed by atoms with E-state index in [2.05, 4.69) is 5.32 Å². The van der Waals surface area contributed by atoms with E-state index in [1.165, 1.54) is 6.07 Å². The highest BCUT2D eigenvalue weighted by Gasteiger charge is 2.17. The second-order valence-electron chi connectivity index (χ2n) is 5.15. The first-order valence-electron chi connectivity index (χ1n) is 7.55.